The molecule has 0 amide bonds. The molecule has 0 aromatic heterocycles. The van der Waals surface area contributed by atoms with E-state index in [9.17, 15) is 0 Å². The quantitative estimate of drug-likeness (QED) is 0.249. The zero-order valence-electron chi connectivity index (χ0n) is 24.4. The minimum atomic E-state index is -0.623. The normalized spacial score (nSPS) is 27.3. The van der Waals surface area contributed by atoms with Crippen LogP contribution in [0.3, 0.4) is 0 Å². The van der Waals surface area contributed by atoms with Crippen LogP contribution in [-0.4, -0.2) is 20.0 Å². The number of fused-ring (bicyclic) bond motifs is 14. The molecular weight excluding hydrogens is 476 g/mol. The molecule has 2 heteroatoms. The van der Waals surface area contributed by atoms with Crippen molar-refractivity contribution in [1.82, 2.24) is 0 Å². The molecule has 0 radical (unpaired) electrons. The third-order valence-electron chi connectivity index (χ3n) is 11.3. The van der Waals surface area contributed by atoms with E-state index in [1.165, 1.54) is 60.8 Å². The first kappa shape index (κ1) is 23.9. The Kier molecular flexibility index (Phi) is 4.43. The van der Waals surface area contributed by atoms with Gasteiger partial charge >= 0.3 is 0 Å². The van der Waals surface area contributed by atoms with Crippen molar-refractivity contribution >= 4 is 10.8 Å². The van der Waals surface area contributed by atoms with Crippen LogP contribution in [0.15, 0.2) is 60.7 Å². The van der Waals surface area contributed by atoms with Gasteiger partial charge in [-0.2, -0.15) is 0 Å². The van der Waals surface area contributed by atoms with Crippen LogP contribution in [0.1, 0.15) is 95.9 Å². The highest BCUT2D eigenvalue weighted by Gasteiger charge is 2.72. The second-order valence-electron chi connectivity index (χ2n) is 13.8. The number of hydrogen-bond donors (Lipinski definition) is 0. The van der Waals surface area contributed by atoms with Crippen molar-refractivity contribution < 1.29 is 9.47 Å². The topological polar surface area (TPSA) is 18.5 Å². The van der Waals surface area contributed by atoms with Crippen LogP contribution in [0.2, 0.25) is 0 Å². The summed E-state index contributed by atoms with van der Waals surface area (Å²) >= 11 is 0. The Labute approximate surface area is 232 Å². The second kappa shape index (κ2) is 7.22. The van der Waals surface area contributed by atoms with E-state index < -0.39 is 5.79 Å². The standard InChI is InChI=1S/C37H38O2/c1-19-17-20(2)21-13-14-23-28-24(32-34(29(23)25(21)18-19)37(32,38-7)39-8)15-16-27-30(28)33-31(36(27,5)6)22-11-9-10-12-26(22)35(33,3)4/h9-18,31-34H,1-8H3. The third-order valence-corrected chi connectivity index (χ3v) is 11.3. The molecule has 8 rings (SSSR count). The predicted octanol–water partition coefficient (Wildman–Crippen LogP) is 8.76. The molecule has 198 valence electrons. The van der Waals surface area contributed by atoms with Gasteiger partial charge < -0.3 is 9.47 Å². The molecule has 1 fully saturated rings. The van der Waals surface area contributed by atoms with Crippen molar-refractivity contribution in [3.63, 3.8) is 0 Å². The van der Waals surface area contributed by atoms with Gasteiger partial charge in [0.25, 0.3) is 0 Å². The molecule has 0 spiro atoms. The van der Waals surface area contributed by atoms with E-state index in [-0.39, 0.29) is 22.7 Å². The number of aryl methyl sites for hydroxylation is 2. The molecular formula is C37H38O2. The summed E-state index contributed by atoms with van der Waals surface area (Å²) in [7, 11) is 3.65. The summed E-state index contributed by atoms with van der Waals surface area (Å²) in [6.45, 7) is 14.4. The molecule has 4 aromatic rings. The monoisotopic (exact) mass is 514 g/mol. The lowest BCUT2D eigenvalue weighted by Gasteiger charge is -2.33. The largest absolute Gasteiger partial charge is 0.352 e. The molecule has 0 N–H and O–H groups in total. The van der Waals surface area contributed by atoms with Crippen molar-refractivity contribution in [2.75, 3.05) is 14.2 Å². The zero-order chi connectivity index (χ0) is 27.2. The van der Waals surface area contributed by atoms with Crippen LogP contribution >= 0.6 is 0 Å². The fourth-order valence-corrected chi connectivity index (χ4v) is 9.78. The summed E-state index contributed by atoms with van der Waals surface area (Å²) in [5.41, 5.74) is 14.6. The smallest absolute Gasteiger partial charge is 0.182 e. The van der Waals surface area contributed by atoms with Gasteiger partial charge in [0.2, 0.25) is 0 Å². The highest BCUT2D eigenvalue weighted by Crippen LogP contribution is 2.75. The van der Waals surface area contributed by atoms with E-state index in [0.29, 0.717) is 11.8 Å². The highest BCUT2D eigenvalue weighted by atomic mass is 16.7. The van der Waals surface area contributed by atoms with Crippen LogP contribution in [0.25, 0.3) is 21.9 Å². The van der Waals surface area contributed by atoms with Crippen LogP contribution < -0.4 is 0 Å². The molecule has 4 unspecified atom stereocenters. The summed E-state index contributed by atoms with van der Waals surface area (Å²) < 4.78 is 12.6. The van der Waals surface area contributed by atoms with Crippen molar-refractivity contribution in [2.24, 2.45) is 0 Å². The number of hydrogen-bond acceptors (Lipinski definition) is 2. The van der Waals surface area contributed by atoms with E-state index in [2.05, 4.69) is 102 Å². The van der Waals surface area contributed by atoms with Gasteiger partial charge in [-0.15, -0.1) is 0 Å². The van der Waals surface area contributed by atoms with Crippen molar-refractivity contribution in [3.05, 3.63) is 105 Å². The lowest BCUT2D eigenvalue weighted by atomic mass is 9.70. The van der Waals surface area contributed by atoms with Gasteiger partial charge in [-0.3, -0.25) is 0 Å². The van der Waals surface area contributed by atoms with Gasteiger partial charge in [0.1, 0.15) is 0 Å². The van der Waals surface area contributed by atoms with Crippen molar-refractivity contribution in [3.8, 4) is 11.1 Å². The fourth-order valence-electron chi connectivity index (χ4n) is 9.78. The van der Waals surface area contributed by atoms with Gasteiger partial charge in [0, 0.05) is 26.1 Å². The summed E-state index contributed by atoms with van der Waals surface area (Å²) in [6.07, 6.45) is 0. The lowest BCUT2D eigenvalue weighted by Crippen LogP contribution is -2.25. The maximum absolute atomic E-state index is 6.28. The SMILES string of the molecule is COC1(OC)C2c3ccc4c(c3-c3ccc5c(C)cc(C)cc5c3C21)C1C(c2ccccc2C1(C)C)C4(C)C. The van der Waals surface area contributed by atoms with Gasteiger partial charge in [0.15, 0.2) is 5.79 Å². The van der Waals surface area contributed by atoms with Crippen LogP contribution in [0.4, 0.5) is 0 Å². The minimum Gasteiger partial charge on any atom is -0.352 e. The Balaban J connectivity index is 1.50. The summed E-state index contributed by atoms with van der Waals surface area (Å²) in [5.74, 6) is 0.650. The average Bonchev–Trinajstić information content (AvgIpc) is 3.43. The summed E-state index contributed by atoms with van der Waals surface area (Å²) in [6, 6.07) is 23.6. The lowest BCUT2D eigenvalue weighted by molar-refractivity contribution is -0.136. The highest BCUT2D eigenvalue weighted by molar-refractivity contribution is 5.99. The van der Waals surface area contributed by atoms with Gasteiger partial charge in [-0.05, 0) is 85.5 Å². The Hall–Kier alpha value is -2.94. The molecule has 39 heavy (non-hydrogen) atoms. The van der Waals surface area contributed by atoms with Crippen molar-refractivity contribution in [1.29, 1.82) is 0 Å². The first-order valence-electron chi connectivity index (χ1n) is 14.5. The van der Waals surface area contributed by atoms with E-state index in [4.69, 9.17) is 9.47 Å². The number of rotatable bonds is 2. The third kappa shape index (κ3) is 2.57. The molecule has 1 saturated carbocycles. The number of benzene rings is 4. The Bertz CT molecular complexity index is 1730. The van der Waals surface area contributed by atoms with Gasteiger partial charge in [-0.25, -0.2) is 0 Å². The fraction of sp³-hybridized carbons (Fsp3) is 0.405. The van der Waals surface area contributed by atoms with Crippen LogP contribution in [-0.2, 0) is 20.3 Å². The molecule has 0 bridgehead atoms. The molecule has 4 aliphatic rings. The van der Waals surface area contributed by atoms with Crippen molar-refractivity contribution in [2.45, 2.75) is 81.8 Å². The molecule has 4 atom stereocenters. The number of methoxy groups -OCH3 is 2. The first-order valence-corrected chi connectivity index (χ1v) is 14.5. The molecule has 2 nitrogen and oxygen atoms in total. The van der Waals surface area contributed by atoms with Crippen LogP contribution in [0.5, 0.6) is 0 Å². The molecule has 4 aliphatic carbocycles. The Morgan fingerprint density at radius 1 is 0.615 bits per heavy atom. The Morgan fingerprint density at radius 2 is 1.33 bits per heavy atom. The van der Waals surface area contributed by atoms with E-state index in [0.717, 1.165) is 0 Å². The maximum Gasteiger partial charge on any atom is 0.182 e. The van der Waals surface area contributed by atoms with E-state index in [1.54, 1.807) is 5.56 Å². The Morgan fingerprint density at radius 3 is 2.08 bits per heavy atom. The van der Waals surface area contributed by atoms with E-state index >= 15 is 0 Å². The maximum atomic E-state index is 6.28. The molecule has 0 saturated heterocycles. The number of ether oxygens (including phenoxy) is 2. The molecule has 0 heterocycles. The van der Waals surface area contributed by atoms with Gasteiger partial charge in [0.05, 0.1) is 11.8 Å². The molecule has 0 aliphatic heterocycles. The average molecular weight is 515 g/mol. The molecule has 4 aromatic carbocycles. The predicted molar refractivity (Wildman–Crippen MR) is 159 cm³/mol. The van der Waals surface area contributed by atoms with E-state index in [1.807, 2.05) is 14.2 Å². The summed E-state index contributed by atoms with van der Waals surface area (Å²) in [4.78, 5) is 0. The minimum absolute atomic E-state index is 0.0447. The second-order valence-corrected chi connectivity index (χ2v) is 13.8. The van der Waals surface area contributed by atoms with Gasteiger partial charge in [-0.1, -0.05) is 93.9 Å². The zero-order valence-corrected chi connectivity index (χ0v) is 24.4. The first-order chi connectivity index (χ1) is 18.6. The van der Waals surface area contributed by atoms with Crippen LogP contribution in [0, 0.1) is 13.8 Å². The summed E-state index contributed by atoms with van der Waals surface area (Å²) in [5, 5.41) is 2.70.